The second-order valence-corrected chi connectivity index (χ2v) is 4.71. The molecule has 0 atom stereocenters. The minimum Gasteiger partial charge on any atom is -0.507 e. The van der Waals surface area contributed by atoms with Gasteiger partial charge in [-0.2, -0.15) is 0 Å². The summed E-state index contributed by atoms with van der Waals surface area (Å²) in [4.78, 5) is 17.4. The van der Waals surface area contributed by atoms with Crippen LogP contribution in [0.15, 0.2) is 58.5 Å². The van der Waals surface area contributed by atoms with Crippen molar-refractivity contribution in [3.63, 3.8) is 0 Å². The van der Waals surface area contributed by atoms with Crippen LogP contribution in [-0.4, -0.2) is 46.8 Å². The van der Waals surface area contributed by atoms with Gasteiger partial charge in [-0.3, -0.25) is 14.8 Å². The van der Waals surface area contributed by atoms with Gasteiger partial charge in [0.1, 0.15) is 11.5 Å². The Balaban J connectivity index is 0.00000104. The van der Waals surface area contributed by atoms with E-state index in [1.165, 1.54) is 0 Å². The maximum atomic E-state index is 9.54. The van der Waals surface area contributed by atoms with E-state index in [2.05, 4.69) is 9.98 Å². The normalized spacial score (nSPS) is 10.1. The van der Waals surface area contributed by atoms with Gasteiger partial charge < -0.3 is 15.3 Å². The van der Waals surface area contributed by atoms with Gasteiger partial charge in [-0.05, 0) is 24.3 Å². The Morgan fingerprint density at radius 3 is 1.52 bits per heavy atom. The summed E-state index contributed by atoms with van der Waals surface area (Å²) in [6.07, 6.45) is 3.26. The first-order chi connectivity index (χ1) is 11.5. The van der Waals surface area contributed by atoms with Crippen LogP contribution in [0, 0.1) is 0 Å². The molecular weight excluding hydrogens is 363 g/mol. The first-order valence-electron chi connectivity index (χ1n) is 7.26. The molecule has 0 aliphatic rings. The Kier molecular flexibility index (Phi) is 11.4. The Hall–Kier alpha value is -2.63. The van der Waals surface area contributed by atoms with Gasteiger partial charge in [-0.25, -0.2) is 0 Å². The maximum absolute atomic E-state index is 9.54. The number of hydrogen-bond donors (Lipinski definition) is 3. The van der Waals surface area contributed by atoms with Crippen molar-refractivity contribution in [2.24, 2.45) is 9.98 Å². The predicted octanol–water partition coefficient (Wildman–Crippen LogP) is 2.72. The number of carbonyl (C=O) groups is 1. The third kappa shape index (κ3) is 9.96. The van der Waals surface area contributed by atoms with Crippen molar-refractivity contribution in [3.05, 3.63) is 59.7 Å². The average molecular weight is 383 g/mol. The van der Waals surface area contributed by atoms with Gasteiger partial charge in [-0.1, -0.05) is 24.3 Å². The summed E-state index contributed by atoms with van der Waals surface area (Å²) < 4.78 is 0. The van der Waals surface area contributed by atoms with Gasteiger partial charge in [0.25, 0.3) is 5.97 Å². The molecule has 0 aliphatic heterocycles. The third-order valence-electron chi connectivity index (χ3n) is 2.69. The number of aliphatic imine (C=N–C) groups is 2. The number of phenols is 2. The minimum atomic E-state index is -0.833. The number of aliphatic carboxylic acids is 1. The Bertz CT molecular complexity index is 658. The van der Waals surface area contributed by atoms with Crippen molar-refractivity contribution in [2.45, 2.75) is 6.92 Å². The summed E-state index contributed by atoms with van der Waals surface area (Å²) in [5.74, 6) is -0.400. The van der Waals surface area contributed by atoms with Gasteiger partial charge in [-0.15, -0.1) is 0 Å². The van der Waals surface area contributed by atoms with E-state index >= 15 is 0 Å². The monoisotopic (exact) mass is 383 g/mol. The molecule has 0 heterocycles. The molecule has 0 bridgehead atoms. The van der Waals surface area contributed by atoms with Crippen molar-refractivity contribution >= 4 is 18.4 Å². The zero-order valence-electron chi connectivity index (χ0n) is 13.7. The quantitative estimate of drug-likeness (QED) is 0.420. The Morgan fingerprint density at radius 2 is 1.20 bits per heavy atom. The van der Waals surface area contributed by atoms with Crippen LogP contribution in [-0.2, 0) is 21.9 Å². The Morgan fingerprint density at radius 1 is 0.880 bits per heavy atom. The summed E-state index contributed by atoms with van der Waals surface area (Å²) in [5.41, 5.74) is 1.38. The molecule has 0 amide bonds. The van der Waals surface area contributed by atoms with Crippen LogP contribution in [0.25, 0.3) is 0 Å². The van der Waals surface area contributed by atoms with Crippen LogP contribution in [0.2, 0.25) is 0 Å². The second kappa shape index (κ2) is 12.8. The Labute approximate surface area is 157 Å². The van der Waals surface area contributed by atoms with E-state index in [0.717, 1.165) is 6.92 Å². The number of nitrogens with zero attached hydrogens (tertiary/aromatic N) is 2. The fraction of sp³-hybridized carbons (Fsp3) is 0.167. The number of carboxylic acids is 1. The number of hydrogen-bond acceptors (Lipinski definition) is 5. The molecule has 0 spiro atoms. The van der Waals surface area contributed by atoms with Crippen molar-refractivity contribution < 1.29 is 37.2 Å². The number of phenolic OH excluding ortho intramolecular Hbond substituents is 2. The van der Waals surface area contributed by atoms with Crippen LogP contribution < -0.4 is 0 Å². The van der Waals surface area contributed by atoms with Crippen LogP contribution >= 0.6 is 0 Å². The molecule has 0 fully saturated rings. The number of aromatic hydroxyl groups is 2. The van der Waals surface area contributed by atoms with E-state index in [0.29, 0.717) is 24.2 Å². The fourth-order valence-electron chi connectivity index (χ4n) is 1.63. The van der Waals surface area contributed by atoms with E-state index < -0.39 is 5.97 Å². The van der Waals surface area contributed by atoms with E-state index in [4.69, 9.17) is 9.90 Å². The van der Waals surface area contributed by atoms with Crippen molar-refractivity contribution in [1.82, 2.24) is 0 Å². The van der Waals surface area contributed by atoms with Crippen LogP contribution in [0.5, 0.6) is 11.5 Å². The zero-order chi connectivity index (χ0) is 17.8. The van der Waals surface area contributed by atoms with Gasteiger partial charge in [0.2, 0.25) is 0 Å². The van der Waals surface area contributed by atoms with Crippen molar-refractivity contribution in [2.75, 3.05) is 13.1 Å². The molecule has 0 aliphatic carbocycles. The van der Waals surface area contributed by atoms with Crippen LogP contribution in [0.3, 0.4) is 0 Å². The van der Waals surface area contributed by atoms with Crippen molar-refractivity contribution in [1.29, 1.82) is 0 Å². The molecular formula is C18H20MnN2O4+2. The summed E-state index contributed by atoms with van der Waals surface area (Å²) in [5, 5.41) is 26.5. The smallest absolute Gasteiger partial charge is 0.507 e. The van der Waals surface area contributed by atoms with E-state index in [1.54, 1.807) is 48.8 Å². The molecule has 1 radical (unpaired) electrons. The SMILES string of the molecule is CC(=O)O.Oc1ccccc1C=NCCN=Cc1ccccc1O.[Mn+2]. The molecule has 2 rings (SSSR count). The summed E-state index contributed by atoms with van der Waals surface area (Å²) in [7, 11) is 0. The molecule has 0 saturated heterocycles. The molecule has 2 aromatic rings. The fourth-order valence-corrected chi connectivity index (χ4v) is 1.63. The minimum absolute atomic E-state index is 0. The first kappa shape index (κ1) is 22.4. The largest absolute Gasteiger partial charge is 2.00 e. The molecule has 0 aromatic heterocycles. The summed E-state index contributed by atoms with van der Waals surface area (Å²) >= 11 is 0. The molecule has 2 aromatic carbocycles. The predicted molar refractivity (Wildman–Crippen MR) is 94.4 cm³/mol. The molecule has 0 saturated carbocycles. The van der Waals surface area contributed by atoms with Crippen LogP contribution in [0.1, 0.15) is 18.1 Å². The molecule has 0 unspecified atom stereocenters. The van der Waals surface area contributed by atoms with Crippen molar-refractivity contribution in [3.8, 4) is 11.5 Å². The van der Waals surface area contributed by atoms with E-state index in [-0.39, 0.29) is 28.6 Å². The topological polar surface area (TPSA) is 102 Å². The van der Waals surface area contributed by atoms with Gasteiger partial charge >= 0.3 is 17.1 Å². The molecule has 25 heavy (non-hydrogen) atoms. The second-order valence-electron chi connectivity index (χ2n) is 4.71. The first-order valence-corrected chi connectivity index (χ1v) is 7.26. The standard InChI is InChI=1S/C16H16N2O2.C2H4O2.Mn/c19-15-7-3-1-5-13(15)11-17-9-10-18-12-14-6-2-4-8-16(14)20;1-2(3)4;/h1-8,11-12,19-20H,9-10H2;1H3,(H,3,4);/q;;+2. The zero-order valence-corrected chi connectivity index (χ0v) is 14.9. The third-order valence-corrected chi connectivity index (χ3v) is 2.69. The maximum Gasteiger partial charge on any atom is 2.00 e. The number of carboxylic acid groups (broad SMARTS) is 1. The summed E-state index contributed by atoms with van der Waals surface area (Å²) in [6.45, 7) is 2.14. The van der Waals surface area contributed by atoms with E-state index in [1.807, 2.05) is 12.1 Å². The van der Waals surface area contributed by atoms with Gasteiger partial charge in [0.15, 0.2) is 0 Å². The van der Waals surface area contributed by atoms with Gasteiger partial charge in [0.05, 0.1) is 13.1 Å². The van der Waals surface area contributed by atoms with E-state index in [9.17, 15) is 10.2 Å². The molecule has 6 nitrogen and oxygen atoms in total. The van der Waals surface area contributed by atoms with Gasteiger partial charge in [0, 0.05) is 30.5 Å². The molecule has 3 N–H and O–H groups in total. The number of benzene rings is 2. The number of rotatable bonds is 5. The molecule has 131 valence electrons. The van der Waals surface area contributed by atoms with Crippen LogP contribution in [0.4, 0.5) is 0 Å². The molecule has 7 heteroatoms. The average Bonchev–Trinajstić information content (AvgIpc) is 2.53. The summed E-state index contributed by atoms with van der Waals surface area (Å²) in [6, 6.07) is 14.1. The number of para-hydroxylation sites is 2.